The van der Waals surface area contributed by atoms with Crippen molar-refractivity contribution in [2.24, 2.45) is 0 Å². The van der Waals surface area contributed by atoms with Crippen LogP contribution >= 0.6 is 9.12 Å². The number of esters is 1. The van der Waals surface area contributed by atoms with Crippen LogP contribution in [0.2, 0.25) is 0 Å². The van der Waals surface area contributed by atoms with E-state index in [1.807, 2.05) is 16.0 Å². The van der Waals surface area contributed by atoms with Crippen LogP contribution in [0.1, 0.15) is 46.5 Å². The summed E-state index contributed by atoms with van der Waals surface area (Å²) in [5, 5.41) is 0. The first-order chi connectivity index (χ1) is 8.49. The lowest BCUT2D eigenvalue weighted by Gasteiger charge is -2.17. The van der Waals surface area contributed by atoms with Gasteiger partial charge in [0.2, 0.25) is 0 Å². The second-order valence-corrected chi connectivity index (χ2v) is 4.06. The molecule has 6 heteroatoms. The second-order valence-electron chi connectivity index (χ2n) is 4.06. The zero-order valence-electron chi connectivity index (χ0n) is 11.8. The highest BCUT2D eigenvalue weighted by Crippen LogP contribution is 2.10. The van der Waals surface area contributed by atoms with Gasteiger partial charge >= 0.3 is 5.97 Å². The Labute approximate surface area is 114 Å². The smallest absolute Gasteiger partial charge is 0.308 e. The summed E-state index contributed by atoms with van der Waals surface area (Å²) < 4.78 is 10.2. The van der Waals surface area contributed by atoms with E-state index >= 15 is 0 Å². The van der Waals surface area contributed by atoms with Crippen molar-refractivity contribution in [2.75, 3.05) is 7.11 Å². The SMILES string of the molecule is CCCC(CC(C)=O)OC(=O)CC(C)OC.[B]P. The van der Waals surface area contributed by atoms with E-state index < -0.39 is 0 Å². The summed E-state index contributed by atoms with van der Waals surface area (Å²) in [7, 11) is 7.89. The average Bonchev–Trinajstić information content (AvgIpc) is 2.30. The number of carbonyl (C=O) groups excluding carboxylic acids is 2. The summed E-state index contributed by atoms with van der Waals surface area (Å²) in [5.74, 6) is -0.250. The van der Waals surface area contributed by atoms with Gasteiger partial charge in [0.25, 0.3) is 0 Å². The Hall–Kier alpha value is -0.405. The lowest BCUT2D eigenvalue weighted by Crippen LogP contribution is -2.23. The largest absolute Gasteiger partial charge is 0.462 e. The number of hydrogen-bond acceptors (Lipinski definition) is 4. The van der Waals surface area contributed by atoms with Gasteiger partial charge in [0.1, 0.15) is 11.9 Å². The summed E-state index contributed by atoms with van der Waals surface area (Å²) >= 11 is 0. The monoisotopic (exact) mass is 274 g/mol. The quantitative estimate of drug-likeness (QED) is 0.386. The van der Waals surface area contributed by atoms with E-state index in [2.05, 4.69) is 7.57 Å². The summed E-state index contributed by atoms with van der Waals surface area (Å²) in [6, 6.07) is 0. The maximum atomic E-state index is 11.5. The molecular formula is C12H24BO4P. The molecule has 0 bridgehead atoms. The molecule has 0 heterocycles. The van der Waals surface area contributed by atoms with Crippen molar-refractivity contribution >= 4 is 28.4 Å². The highest BCUT2D eigenvalue weighted by molar-refractivity contribution is 7.49. The molecule has 0 aliphatic heterocycles. The minimum absolute atomic E-state index is 0.0473. The molecule has 0 rings (SSSR count). The van der Waals surface area contributed by atoms with Crippen molar-refractivity contribution in [3.8, 4) is 0 Å². The molecule has 3 atom stereocenters. The van der Waals surface area contributed by atoms with Gasteiger partial charge in [-0.25, -0.2) is 0 Å². The number of rotatable bonds is 8. The van der Waals surface area contributed by atoms with E-state index in [1.54, 1.807) is 14.0 Å². The van der Waals surface area contributed by atoms with E-state index in [9.17, 15) is 9.59 Å². The molecule has 0 aromatic rings. The first-order valence-corrected chi connectivity index (χ1v) is 6.71. The van der Waals surface area contributed by atoms with E-state index in [0.29, 0.717) is 6.42 Å². The predicted octanol–water partition coefficient (Wildman–Crippen LogP) is 2.05. The van der Waals surface area contributed by atoms with Crippen LogP contribution in [-0.4, -0.2) is 38.6 Å². The van der Waals surface area contributed by atoms with Crippen molar-refractivity contribution in [2.45, 2.75) is 58.7 Å². The molecule has 4 nitrogen and oxygen atoms in total. The van der Waals surface area contributed by atoms with Crippen molar-refractivity contribution in [1.29, 1.82) is 0 Å². The molecule has 0 aliphatic carbocycles. The molecule has 0 N–H and O–H groups in total. The molecule has 0 fully saturated rings. The Bertz CT molecular complexity index is 236. The molecule has 18 heavy (non-hydrogen) atoms. The van der Waals surface area contributed by atoms with Crippen molar-refractivity contribution in [3.05, 3.63) is 0 Å². The Kier molecular flexibility index (Phi) is 14.4. The van der Waals surface area contributed by atoms with Crippen LogP contribution < -0.4 is 0 Å². The van der Waals surface area contributed by atoms with Crippen molar-refractivity contribution in [1.82, 2.24) is 0 Å². The third-order valence-electron chi connectivity index (χ3n) is 2.28. The normalized spacial score (nSPS) is 12.9. The highest BCUT2D eigenvalue weighted by atomic mass is 31.0. The van der Waals surface area contributed by atoms with Gasteiger partial charge in [-0.15, -0.1) is 0 Å². The number of Topliss-reactive ketones (excluding diaryl/α,β-unsaturated/α-hetero) is 1. The Morgan fingerprint density at radius 2 is 1.83 bits per heavy atom. The highest BCUT2D eigenvalue weighted by Gasteiger charge is 2.17. The van der Waals surface area contributed by atoms with Crippen LogP contribution in [0.25, 0.3) is 0 Å². The Balaban J connectivity index is 0. The summed E-state index contributed by atoms with van der Waals surface area (Å²) in [5.41, 5.74) is 0. The second kappa shape index (κ2) is 13.0. The van der Waals surface area contributed by atoms with Gasteiger partial charge in [0, 0.05) is 13.5 Å². The molecule has 0 aliphatic rings. The minimum Gasteiger partial charge on any atom is -0.462 e. The third-order valence-corrected chi connectivity index (χ3v) is 2.28. The van der Waals surface area contributed by atoms with E-state index in [-0.39, 0.29) is 30.4 Å². The molecule has 2 radical (unpaired) electrons. The van der Waals surface area contributed by atoms with Crippen molar-refractivity contribution < 1.29 is 19.1 Å². The van der Waals surface area contributed by atoms with Gasteiger partial charge in [0.05, 0.1) is 20.1 Å². The summed E-state index contributed by atoms with van der Waals surface area (Å²) in [6.45, 7) is 5.31. The Morgan fingerprint density at radius 1 is 1.28 bits per heavy atom. The molecule has 0 saturated carbocycles. The van der Waals surface area contributed by atoms with Gasteiger partial charge in [-0.3, -0.25) is 9.59 Å². The van der Waals surface area contributed by atoms with Gasteiger partial charge in [-0.05, 0) is 20.3 Å². The fourth-order valence-corrected chi connectivity index (χ4v) is 1.40. The first kappa shape index (κ1) is 19.9. The number of methoxy groups -OCH3 is 1. The lowest BCUT2D eigenvalue weighted by molar-refractivity contribution is -0.152. The standard InChI is InChI=1S/C12H22O4.BH2P/c1-5-6-11(7-9(2)13)16-12(14)8-10(3)15-4;1-2/h10-11H,5-8H2,1-4H3;2H2. The van der Waals surface area contributed by atoms with E-state index in [1.165, 1.54) is 6.92 Å². The topological polar surface area (TPSA) is 52.6 Å². The zero-order valence-corrected chi connectivity index (χ0v) is 12.9. The maximum absolute atomic E-state index is 11.5. The zero-order chi connectivity index (χ0) is 14.6. The molecule has 0 saturated heterocycles. The van der Waals surface area contributed by atoms with Crippen LogP contribution in [0.4, 0.5) is 0 Å². The average molecular weight is 274 g/mol. The fraction of sp³-hybridized carbons (Fsp3) is 0.833. The molecule has 0 aromatic heterocycles. The maximum Gasteiger partial charge on any atom is 0.308 e. The number of ether oxygens (including phenoxy) is 2. The van der Waals surface area contributed by atoms with Crippen LogP contribution in [0.3, 0.4) is 0 Å². The van der Waals surface area contributed by atoms with Crippen LogP contribution in [-0.2, 0) is 19.1 Å². The molecular weight excluding hydrogens is 250 g/mol. The molecule has 0 amide bonds. The number of carbonyl (C=O) groups is 2. The van der Waals surface area contributed by atoms with Gasteiger partial charge in [-0.1, -0.05) is 13.3 Å². The van der Waals surface area contributed by atoms with Crippen LogP contribution in [0.5, 0.6) is 0 Å². The summed E-state index contributed by atoms with van der Waals surface area (Å²) in [4.78, 5) is 22.4. The Morgan fingerprint density at radius 3 is 2.22 bits per heavy atom. The molecule has 0 spiro atoms. The molecule has 104 valence electrons. The van der Waals surface area contributed by atoms with Crippen LogP contribution in [0.15, 0.2) is 0 Å². The van der Waals surface area contributed by atoms with Crippen molar-refractivity contribution in [3.63, 3.8) is 0 Å². The van der Waals surface area contributed by atoms with Gasteiger partial charge < -0.3 is 9.47 Å². The lowest BCUT2D eigenvalue weighted by atomic mass is 10.1. The molecule has 0 aromatic carbocycles. The fourth-order valence-electron chi connectivity index (χ4n) is 1.40. The minimum atomic E-state index is -0.297. The summed E-state index contributed by atoms with van der Waals surface area (Å²) in [6.07, 6.45) is 1.74. The first-order valence-electron chi connectivity index (χ1n) is 6.04. The predicted molar refractivity (Wildman–Crippen MR) is 76.6 cm³/mol. The van der Waals surface area contributed by atoms with E-state index in [0.717, 1.165) is 12.8 Å². The third kappa shape index (κ3) is 12.1. The number of ketones is 1. The molecule has 3 unspecified atom stereocenters. The number of hydrogen-bond donors (Lipinski definition) is 0. The van der Waals surface area contributed by atoms with Gasteiger partial charge in [0.15, 0.2) is 0 Å². The van der Waals surface area contributed by atoms with E-state index in [4.69, 9.17) is 9.47 Å². The van der Waals surface area contributed by atoms with Crippen LogP contribution in [0, 0.1) is 0 Å². The van der Waals surface area contributed by atoms with Gasteiger partial charge in [-0.2, -0.15) is 9.12 Å².